The van der Waals surface area contributed by atoms with Crippen LogP contribution in [0.3, 0.4) is 0 Å². The van der Waals surface area contributed by atoms with Crippen LogP contribution >= 0.6 is 0 Å². The molecule has 0 aliphatic rings. The number of benzene rings is 2. The number of rotatable bonds is 9. The van der Waals surface area contributed by atoms with Crippen molar-refractivity contribution in [3.8, 4) is 11.5 Å². The molecule has 8 nitrogen and oxygen atoms in total. The average Bonchev–Trinajstić information content (AvgIpc) is 2.66. The van der Waals surface area contributed by atoms with Crippen LogP contribution in [0.2, 0.25) is 0 Å². The van der Waals surface area contributed by atoms with Crippen molar-refractivity contribution >= 4 is 15.7 Å². The van der Waals surface area contributed by atoms with E-state index < -0.39 is 20.6 Å². The van der Waals surface area contributed by atoms with E-state index in [1.807, 2.05) is 6.92 Å². The number of nitro benzene ring substituents is 1. The minimum absolute atomic E-state index is 0.0493. The van der Waals surface area contributed by atoms with E-state index >= 15 is 0 Å². The molecule has 0 bridgehead atoms. The minimum atomic E-state index is -4.05. The summed E-state index contributed by atoms with van der Waals surface area (Å²) in [6, 6.07) is 10.5. The highest BCUT2D eigenvalue weighted by Crippen LogP contribution is 2.31. The first kappa shape index (κ1) is 20.7. The van der Waals surface area contributed by atoms with Crippen LogP contribution in [0, 0.1) is 10.1 Å². The summed E-state index contributed by atoms with van der Waals surface area (Å²) in [7, 11) is -2.54. The maximum atomic E-state index is 13.0. The predicted octanol–water partition coefficient (Wildman–Crippen LogP) is 3.21. The van der Waals surface area contributed by atoms with Crippen LogP contribution in [0.5, 0.6) is 11.5 Å². The van der Waals surface area contributed by atoms with Gasteiger partial charge in [-0.1, -0.05) is 25.1 Å². The van der Waals surface area contributed by atoms with Crippen molar-refractivity contribution in [2.75, 3.05) is 20.3 Å². The van der Waals surface area contributed by atoms with Crippen molar-refractivity contribution in [2.45, 2.75) is 25.3 Å². The van der Waals surface area contributed by atoms with Gasteiger partial charge < -0.3 is 9.47 Å². The SMILES string of the molecule is CCOc1ccc(CN(CC)S(=O)(=O)c2ccccc2[N+](=O)[O-])cc1OC. The van der Waals surface area contributed by atoms with Crippen LogP contribution in [0.25, 0.3) is 0 Å². The van der Waals surface area contributed by atoms with E-state index in [1.165, 1.54) is 35.7 Å². The monoisotopic (exact) mass is 394 g/mol. The predicted molar refractivity (Wildman–Crippen MR) is 101 cm³/mol. The van der Waals surface area contributed by atoms with Gasteiger partial charge in [0, 0.05) is 19.2 Å². The third-order valence-electron chi connectivity index (χ3n) is 3.92. The van der Waals surface area contributed by atoms with Gasteiger partial charge in [-0.2, -0.15) is 4.31 Å². The molecule has 0 aliphatic heterocycles. The Morgan fingerprint density at radius 1 is 1.11 bits per heavy atom. The second-order valence-electron chi connectivity index (χ2n) is 5.57. The second-order valence-corrected chi connectivity index (χ2v) is 7.48. The number of sulfonamides is 1. The van der Waals surface area contributed by atoms with Gasteiger partial charge in [-0.3, -0.25) is 10.1 Å². The van der Waals surface area contributed by atoms with Crippen molar-refractivity contribution < 1.29 is 22.8 Å². The van der Waals surface area contributed by atoms with E-state index in [9.17, 15) is 18.5 Å². The zero-order valence-corrected chi connectivity index (χ0v) is 16.2. The Bertz CT molecular complexity index is 914. The van der Waals surface area contributed by atoms with Gasteiger partial charge >= 0.3 is 0 Å². The fraction of sp³-hybridized carbons (Fsp3) is 0.333. The summed E-state index contributed by atoms with van der Waals surface area (Å²) in [4.78, 5) is 10.2. The molecule has 0 spiro atoms. The molecule has 0 saturated carbocycles. The fourth-order valence-electron chi connectivity index (χ4n) is 2.62. The zero-order chi connectivity index (χ0) is 20.0. The van der Waals surface area contributed by atoms with E-state index in [1.54, 1.807) is 25.1 Å². The normalized spacial score (nSPS) is 11.4. The molecule has 0 saturated heterocycles. The summed E-state index contributed by atoms with van der Waals surface area (Å²) in [5.41, 5.74) is 0.236. The van der Waals surface area contributed by atoms with Crippen molar-refractivity contribution in [3.63, 3.8) is 0 Å². The van der Waals surface area contributed by atoms with Crippen LogP contribution in [0.4, 0.5) is 5.69 Å². The minimum Gasteiger partial charge on any atom is -0.493 e. The van der Waals surface area contributed by atoms with Gasteiger partial charge in [0.2, 0.25) is 10.0 Å². The molecule has 0 atom stereocenters. The molecule has 146 valence electrons. The smallest absolute Gasteiger partial charge is 0.289 e. The van der Waals surface area contributed by atoms with Gasteiger partial charge in [0.25, 0.3) is 5.69 Å². The summed E-state index contributed by atoms with van der Waals surface area (Å²) < 4.78 is 37.9. The van der Waals surface area contributed by atoms with Crippen molar-refractivity contribution in [2.24, 2.45) is 0 Å². The van der Waals surface area contributed by atoms with E-state index in [0.717, 1.165) is 0 Å². The Morgan fingerprint density at radius 3 is 2.41 bits per heavy atom. The quantitative estimate of drug-likeness (QED) is 0.478. The van der Waals surface area contributed by atoms with Crippen LogP contribution in [0.1, 0.15) is 19.4 Å². The van der Waals surface area contributed by atoms with Gasteiger partial charge in [0.05, 0.1) is 18.6 Å². The van der Waals surface area contributed by atoms with Crippen LogP contribution in [0.15, 0.2) is 47.4 Å². The van der Waals surface area contributed by atoms with Gasteiger partial charge in [0.15, 0.2) is 16.4 Å². The number of ether oxygens (including phenoxy) is 2. The molecule has 27 heavy (non-hydrogen) atoms. The molecular formula is C18H22N2O6S. The molecule has 0 amide bonds. The van der Waals surface area contributed by atoms with E-state index in [2.05, 4.69) is 0 Å². The third kappa shape index (κ3) is 4.55. The number of hydrogen-bond donors (Lipinski definition) is 0. The molecule has 0 heterocycles. The van der Waals surface area contributed by atoms with Crippen LogP contribution in [-0.4, -0.2) is 37.9 Å². The first-order valence-electron chi connectivity index (χ1n) is 8.38. The molecule has 2 rings (SSSR count). The summed E-state index contributed by atoms with van der Waals surface area (Å²) in [6.45, 7) is 4.21. The molecule has 0 unspecified atom stereocenters. The highest BCUT2D eigenvalue weighted by Gasteiger charge is 2.30. The maximum absolute atomic E-state index is 13.0. The largest absolute Gasteiger partial charge is 0.493 e. The Morgan fingerprint density at radius 2 is 1.81 bits per heavy atom. The van der Waals surface area contributed by atoms with E-state index in [0.29, 0.717) is 23.7 Å². The van der Waals surface area contributed by atoms with Crippen LogP contribution in [-0.2, 0) is 16.6 Å². The van der Waals surface area contributed by atoms with Crippen molar-refractivity contribution in [1.29, 1.82) is 0 Å². The first-order chi connectivity index (χ1) is 12.8. The van der Waals surface area contributed by atoms with Crippen molar-refractivity contribution in [3.05, 3.63) is 58.1 Å². The highest BCUT2D eigenvalue weighted by molar-refractivity contribution is 7.89. The number of hydrogen-bond acceptors (Lipinski definition) is 6. The number of nitro groups is 1. The second kappa shape index (κ2) is 8.83. The number of methoxy groups -OCH3 is 1. The summed E-state index contributed by atoms with van der Waals surface area (Å²) >= 11 is 0. The van der Waals surface area contributed by atoms with E-state index in [-0.39, 0.29) is 18.0 Å². The van der Waals surface area contributed by atoms with Gasteiger partial charge in [0.1, 0.15) is 0 Å². The fourth-order valence-corrected chi connectivity index (χ4v) is 4.22. The molecule has 2 aromatic rings. The Hall–Kier alpha value is -2.65. The lowest BCUT2D eigenvalue weighted by Gasteiger charge is -2.21. The Balaban J connectivity index is 2.38. The lowest BCUT2D eigenvalue weighted by atomic mass is 10.2. The molecule has 0 N–H and O–H groups in total. The summed E-state index contributed by atoms with van der Waals surface area (Å²) in [5.74, 6) is 1.06. The molecule has 0 fully saturated rings. The molecule has 0 aromatic heterocycles. The molecule has 2 aromatic carbocycles. The molecule has 0 aliphatic carbocycles. The topological polar surface area (TPSA) is 99.0 Å². The lowest BCUT2D eigenvalue weighted by molar-refractivity contribution is -0.387. The molecule has 0 radical (unpaired) electrons. The lowest BCUT2D eigenvalue weighted by Crippen LogP contribution is -2.31. The van der Waals surface area contributed by atoms with Gasteiger partial charge in [-0.05, 0) is 30.7 Å². The van der Waals surface area contributed by atoms with Gasteiger partial charge in [-0.15, -0.1) is 0 Å². The van der Waals surface area contributed by atoms with Crippen molar-refractivity contribution in [1.82, 2.24) is 4.31 Å². The average molecular weight is 394 g/mol. The molecule has 9 heteroatoms. The standard InChI is InChI=1S/C18H22N2O6S/c1-4-19(13-14-10-11-16(26-5-2)17(12-14)25-3)27(23,24)18-9-7-6-8-15(18)20(21)22/h6-12H,4-5,13H2,1-3H3. The first-order valence-corrected chi connectivity index (χ1v) is 9.82. The Labute approximate surface area is 158 Å². The van der Waals surface area contributed by atoms with E-state index in [4.69, 9.17) is 9.47 Å². The zero-order valence-electron chi connectivity index (χ0n) is 15.4. The third-order valence-corrected chi connectivity index (χ3v) is 5.89. The van der Waals surface area contributed by atoms with Crippen LogP contribution < -0.4 is 9.47 Å². The number of para-hydroxylation sites is 1. The number of nitrogens with zero attached hydrogens (tertiary/aromatic N) is 2. The van der Waals surface area contributed by atoms with Gasteiger partial charge in [-0.25, -0.2) is 8.42 Å². The maximum Gasteiger partial charge on any atom is 0.289 e. The summed E-state index contributed by atoms with van der Waals surface area (Å²) in [6.07, 6.45) is 0. The summed E-state index contributed by atoms with van der Waals surface area (Å²) in [5, 5.41) is 11.2. The molecular weight excluding hydrogens is 372 g/mol. The highest BCUT2D eigenvalue weighted by atomic mass is 32.2. The Kier molecular flexibility index (Phi) is 6.75.